The highest BCUT2D eigenvalue weighted by Gasteiger charge is 2.20. The minimum absolute atomic E-state index is 0.129. The van der Waals surface area contributed by atoms with Crippen LogP contribution < -0.4 is 5.32 Å². The molecule has 0 aliphatic heterocycles. The summed E-state index contributed by atoms with van der Waals surface area (Å²) in [7, 11) is 0. The van der Waals surface area contributed by atoms with Crippen molar-refractivity contribution in [3.63, 3.8) is 0 Å². The topological polar surface area (TPSA) is 64.0 Å². The van der Waals surface area contributed by atoms with Gasteiger partial charge in [-0.1, -0.05) is 48.5 Å². The highest BCUT2D eigenvalue weighted by molar-refractivity contribution is 6.04. The molecule has 0 aliphatic rings. The van der Waals surface area contributed by atoms with Gasteiger partial charge in [-0.05, 0) is 23.8 Å². The maximum absolute atomic E-state index is 12.3. The van der Waals surface area contributed by atoms with E-state index in [4.69, 9.17) is 0 Å². The monoisotopic (exact) mass is 319 g/mol. The van der Waals surface area contributed by atoms with E-state index < -0.39 is 5.91 Å². The van der Waals surface area contributed by atoms with Gasteiger partial charge in [0.05, 0.1) is 12.5 Å². The molecule has 5 nitrogen and oxygen atoms in total. The summed E-state index contributed by atoms with van der Waals surface area (Å²) in [5, 5.41) is 6.67. The van der Waals surface area contributed by atoms with E-state index >= 15 is 0 Å². The second-order valence-corrected chi connectivity index (χ2v) is 5.36. The number of hydrogen-bond donors (Lipinski definition) is 1. The zero-order chi connectivity index (χ0) is 16.8. The average Bonchev–Trinajstić information content (AvgIpc) is 3.15. The minimum Gasteiger partial charge on any atom is -0.292 e. The largest absolute Gasteiger partial charge is 0.292 e. The number of aromatic nitrogens is 2. The van der Waals surface area contributed by atoms with Crippen LogP contribution in [0.4, 0.5) is 0 Å². The number of nitrogens with zero attached hydrogens (tertiary/aromatic N) is 2. The lowest BCUT2D eigenvalue weighted by Gasteiger charge is -2.17. The summed E-state index contributed by atoms with van der Waals surface area (Å²) < 4.78 is 1.72. The maximum Gasteiger partial charge on any atom is 0.257 e. The molecule has 5 heteroatoms. The van der Waals surface area contributed by atoms with Crippen LogP contribution in [0.3, 0.4) is 0 Å². The van der Waals surface area contributed by atoms with Gasteiger partial charge in [-0.3, -0.25) is 19.6 Å². The van der Waals surface area contributed by atoms with Crippen LogP contribution in [-0.2, 0) is 4.79 Å². The minimum atomic E-state index is -0.395. The predicted octanol–water partition coefficient (Wildman–Crippen LogP) is 2.82. The van der Waals surface area contributed by atoms with Gasteiger partial charge in [0.25, 0.3) is 5.91 Å². The third-order valence-corrected chi connectivity index (χ3v) is 3.70. The molecule has 0 spiro atoms. The van der Waals surface area contributed by atoms with Gasteiger partial charge in [-0.2, -0.15) is 5.10 Å². The Morgan fingerprint density at radius 2 is 1.62 bits per heavy atom. The number of carbonyl (C=O) groups excluding carboxylic acids is 2. The molecule has 0 aliphatic carbocycles. The Balaban J connectivity index is 1.73. The van der Waals surface area contributed by atoms with Crippen molar-refractivity contribution in [3.05, 3.63) is 90.3 Å². The third kappa shape index (κ3) is 3.76. The Kier molecular flexibility index (Phi) is 4.81. The van der Waals surface area contributed by atoms with Gasteiger partial charge >= 0.3 is 0 Å². The normalized spacial score (nSPS) is 11.7. The fourth-order valence-electron chi connectivity index (χ4n) is 2.52. The molecule has 0 saturated carbocycles. The second kappa shape index (κ2) is 7.37. The van der Waals surface area contributed by atoms with E-state index in [0.29, 0.717) is 5.56 Å². The van der Waals surface area contributed by atoms with Gasteiger partial charge < -0.3 is 0 Å². The van der Waals surface area contributed by atoms with E-state index in [1.165, 1.54) is 0 Å². The molecule has 1 aromatic heterocycles. The van der Waals surface area contributed by atoms with Gasteiger partial charge in [-0.25, -0.2) is 0 Å². The van der Waals surface area contributed by atoms with E-state index in [9.17, 15) is 9.59 Å². The van der Waals surface area contributed by atoms with Crippen LogP contribution in [0.1, 0.15) is 28.4 Å². The second-order valence-electron chi connectivity index (χ2n) is 5.36. The summed E-state index contributed by atoms with van der Waals surface area (Å²) in [6.45, 7) is 0. The van der Waals surface area contributed by atoms with E-state index in [-0.39, 0.29) is 18.4 Å². The fourth-order valence-corrected chi connectivity index (χ4v) is 2.52. The number of nitrogens with one attached hydrogen (secondary N) is 1. The zero-order valence-corrected chi connectivity index (χ0v) is 13.0. The molecule has 1 heterocycles. The maximum atomic E-state index is 12.3. The van der Waals surface area contributed by atoms with Crippen molar-refractivity contribution >= 4 is 11.8 Å². The fraction of sp³-hybridized carbons (Fsp3) is 0.105. The van der Waals surface area contributed by atoms with Crippen molar-refractivity contribution < 1.29 is 9.59 Å². The summed E-state index contributed by atoms with van der Waals surface area (Å²) in [5.74, 6) is -0.735. The summed E-state index contributed by atoms with van der Waals surface area (Å²) in [6.07, 6.45) is 3.61. The summed E-state index contributed by atoms with van der Waals surface area (Å²) in [4.78, 5) is 24.4. The Hall–Kier alpha value is -3.21. The van der Waals surface area contributed by atoms with Crippen molar-refractivity contribution in [1.29, 1.82) is 0 Å². The third-order valence-electron chi connectivity index (χ3n) is 3.70. The number of rotatable bonds is 5. The van der Waals surface area contributed by atoms with Gasteiger partial charge in [-0.15, -0.1) is 0 Å². The first kappa shape index (κ1) is 15.7. The SMILES string of the molecule is O=C(CC(c1ccccc1)n1cccn1)NC(=O)c1ccccc1. The molecule has 1 unspecified atom stereocenters. The molecule has 24 heavy (non-hydrogen) atoms. The van der Waals surface area contributed by atoms with Crippen LogP contribution in [0, 0.1) is 0 Å². The first-order valence-corrected chi connectivity index (χ1v) is 7.67. The van der Waals surface area contributed by atoms with Crippen molar-refractivity contribution in [3.8, 4) is 0 Å². The lowest BCUT2D eigenvalue weighted by molar-refractivity contribution is -0.120. The molecule has 120 valence electrons. The van der Waals surface area contributed by atoms with Gasteiger partial charge in [0.15, 0.2) is 0 Å². The molecule has 3 rings (SSSR count). The van der Waals surface area contributed by atoms with E-state index in [0.717, 1.165) is 5.56 Å². The first-order valence-electron chi connectivity index (χ1n) is 7.67. The van der Waals surface area contributed by atoms with Crippen LogP contribution >= 0.6 is 0 Å². The van der Waals surface area contributed by atoms with E-state index in [1.54, 1.807) is 35.1 Å². The average molecular weight is 319 g/mol. The van der Waals surface area contributed by atoms with Crippen LogP contribution in [0.5, 0.6) is 0 Å². The van der Waals surface area contributed by atoms with Crippen molar-refractivity contribution in [1.82, 2.24) is 15.1 Å². The standard InChI is InChI=1S/C19H17N3O2/c23-18(21-19(24)16-10-5-2-6-11-16)14-17(22-13-7-12-20-22)15-8-3-1-4-9-15/h1-13,17H,14H2,(H,21,23,24). The zero-order valence-electron chi connectivity index (χ0n) is 13.0. The Morgan fingerprint density at radius 3 is 2.25 bits per heavy atom. The molecule has 2 aromatic carbocycles. The molecule has 0 fully saturated rings. The van der Waals surface area contributed by atoms with Crippen LogP contribution in [0.25, 0.3) is 0 Å². The first-order chi connectivity index (χ1) is 11.7. The molecule has 0 saturated heterocycles. The van der Waals surface area contributed by atoms with Gasteiger partial charge in [0.2, 0.25) is 5.91 Å². The number of carbonyl (C=O) groups is 2. The Morgan fingerprint density at radius 1 is 0.958 bits per heavy atom. The number of hydrogen-bond acceptors (Lipinski definition) is 3. The summed E-state index contributed by atoms with van der Waals surface area (Å²) in [5.41, 5.74) is 1.42. The molecular formula is C19H17N3O2. The Labute approximate surface area is 139 Å². The highest BCUT2D eigenvalue weighted by Crippen LogP contribution is 2.21. The molecule has 3 aromatic rings. The molecule has 0 radical (unpaired) electrons. The molecule has 1 N–H and O–H groups in total. The number of amides is 2. The Bertz CT molecular complexity index is 799. The summed E-state index contributed by atoms with van der Waals surface area (Å²) >= 11 is 0. The highest BCUT2D eigenvalue weighted by atomic mass is 16.2. The number of benzene rings is 2. The lowest BCUT2D eigenvalue weighted by atomic mass is 10.0. The molecule has 1 atom stereocenters. The lowest BCUT2D eigenvalue weighted by Crippen LogP contribution is -2.32. The van der Waals surface area contributed by atoms with Gasteiger partial charge in [0, 0.05) is 18.0 Å². The molecule has 2 amide bonds. The molecular weight excluding hydrogens is 302 g/mol. The summed E-state index contributed by atoms with van der Waals surface area (Å²) in [6, 6.07) is 19.9. The smallest absolute Gasteiger partial charge is 0.257 e. The van der Waals surface area contributed by atoms with Crippen LogP contribution in [0.15, 0.2) is 79.1 Å². The van der Waals surface area contributed by atoms with Crippen LogP contribution in [-0.4, -0.2) is 21.6 Å². The number of imide groups is 1. The van der Waals surface area contributed by atoms with Crippen molar-refractivity contribution in [2.45, 2.75) is 12.5 Å². The quantitative estimate of drug-likeness (QED) is 0.786. The van der Waals surface area contributed by atoms with E-state index in [1.807, 2.05) is 48.7 Å². The van der Waals surface area contributed by atoms with Gasteiger partial charge in [0.1, 0.15) is 0 Å². The predicted molar refractivity (Wildman–Crippen MR) is 90.3 cm³/mol. The van der Waals surface area contributed by atoms with E-state index in [2.05, 4.69) is 10.4 Å². The molecule has 0 bridgehead atoms. The van der Waals surface area contributed by atoms with Crippen LogP contribution in [0.2, 0.25) is 0 Å². The van der Waals surface area contributed by atoms with Crippen molar-refractivity contribution in [2.24, 2.45) is 0 Å². The van der Waals surface area contributed by atoms with Crippen molar-refractivity contribution in [2.75, 3.05) is 0 Å².